The van der Waals surface area contributed by atoms with E-state index in [1.54, 1.807) is 0 Å². The minimum Gasteiger partial charge on any atom is -0.468 e. The number of thiophene rings is 1. The molecule has 25 heavy (non-hydrogen) atoms. The first-order chi connectivity index (χ1) is 11.6. The first kappa shape index (κ1) is 19.8. The van der Waals surface area contributed by atoms with E-state index in [4.69, 9.17) is 0 Å². The van der Waals surface area contributed by atoms with Gasteiger partial charge in [-0.25, -0.2) is 13.2 Å². The van der Waals surface area contributed by atoms with Gasteiger partial charge in [0.15, 0.2) is 0 Å². The number of carbonyl (C=O) groups excluding carboxylic acids is 3. The Kier molecular flexibility index (Phi) is 5.86. The molecule has 138 valence electrons. The van der Waals surface area contributed by atoms with Crippen LogP contribution in [0.5, 0.6) is 0 Å². The number of likely N-dealkylation sites (N-methyl/N-ethyl adjacent to an activating group) is 1. The Labute approximate surface area is 156 Å². The zero-order chi connectivity index (χ0) is 18.9. The molecule has 0 bridgehead atoms. The first-order valence-electron chi connectivity index (χ1n) is 6.84. The zero-order valence-electron chi connectivity index (χ0n) is 13.5. The van der Waals surface area contributed by atoms with E-state index in [9.17, 15) is 22.8 Å². The topological polar surface area (TPSA) is 110 Å². The highest BCUT2D eigenvalue weighted by molar-refractivity contribution is 9.10. The van der Waals surface area contributed by atoms with Crippen molar-refractivity contribution < 1.29 is 32.3 Å². The van der Waals surface area contributed by atoms with Crippen LogP contribution in [0, 0.1) is 0 Å². The molecule has 9 nitrogen and oxygen atoms in total. The van der Waals surface area contributed by atoms with Crippen molar-refractivity contribution in [2.24, 2.45) is 0 Å². The summed E-state index contributed by atoms with van der Waals surface area (Å²) in [4.78, 5) is 36.9. The summed E-state index contributed by atoms with van der Waals surface area (Å²) < 4.78 is 36.0. The number of ether oxygens (including phenoxy) is 2. The van der Waals surface area contributed by atoms with Gasteiger partial charge in [-0.1, -0.05) is 0 Å². The number of methoxy groups -OCH3 is 2. The zero-order valence-corrected chi connectivity index (χ0v) is 16.7. The second-order valence-electron chi connectivity index (χ2n) is 5.10. The van der Waals surface area contributed by atoms with E-state index in [0.29, 0.717) is 11.3 Å². The van der Waals surface area contributed by atoms with Gasteiger partial charge in [0.1, 0.15) is 15.1 Å². The number of rotatable bonds is 4. The Morgan fingerprint density at radius 3 is 2.52 bits per heavy atom. The van der Waals surface area contributed by atoms with Crippen LogP contribution in [-0.4, -0.2) is 75.9 Å². The molecule has 1 aromatic rings. The summed E-state index contributed by atoms with van der Waals surface area (Å²) in [6.07, 6.45) is 0. The highest BCUT2D eigenvalue weighted by Gasteiger charge is 2.44. The fourth-order valence-electron chi connectivity index (χ4n) is 2.23. The second kappa shape index (κ2) is 7.40. The lowest BCUT2D eigenvalue weighted by Crippen LogP contribution is -2.59. The molecule has 0 N–H and O–H groups in total. The van der Waals surface area contributed by atoms with Crippen molar-refractivity contribution in [1.82, 2.24) is 9.21 Å². The summed E-state index contributed by atoms with van der Waals surface area (Å²) in [7, 11) is -0.438. The monoisotopic (exact) mass is 454 g/mol. The molecule has 0 aliphatic carbocycles. The van der Waals surface area contributed by atoms with E-state index in [2.05, 4.69) is 25.4 Å². The van der Waals surface area contributed by atoms with E-state index in [1.165, 1.54) is 25.1 Å². The van der Waals surface area contributed by atoms with Gasteiger partial charge in [0.2, 0.25) is 5.91 Å². The SMILES string of the molecule is COC(=O)c1cc(Br)c(S(=O)(=O)N2CC(=O)N(C)CC2C(=O)OC)s1. The van der Waals surface area contributed by atoms with Crippen LogP contribution in [0.2, 0.25) is 0 Å². The van der Waals surface area contributed by atoms with Crippen molar-refractivity contribution in [3.63, 3.8) is 0 Å². The van der Waals surface area contributed by atoms with Gasteiger partial charge in [-0.05, 0) is 22.0 Å². The molecule has 1 atom stereocenters. The van der Waals surface area contributed by atoms with Crippen molar-refractivity contribution in [2.75, 3.05) is 34.4 Å². The summed E-state index contributed by atoms with van der Waals surface area (Å²) in [6, 6.07) is 0.141. The van der Waals surface area contributed by atoms with Crippen LogP contribution < -0.4 is 0 Å². The van der Waals surface area contributed by atoms with E-state index >= 15 is 0 Å². The predicted molar refractivity (Wildman–Crippen MR) is 90.7 cm³/mol. The Bertz CT molecular complexity index is 820. The van der Waals surface area contributed by atoms with Gasteiger partial charge < -0.3 is 14.4 Å². The predicted octanol–water partition coefficient (Wildman–Crippen LogP) is 0.301. The molecule has 1 fully saturated rings. The van der Waals surface area contributed by atoms with Gasteiger partial charge in [0.25, 0.3) is 10.0 Å². The largest absolute Gasteiger partial charge is 0.468 e. The maximum absolute atomic E-state index is 13.0. The van der Waals surface area contributed by atoms with Crippen molar-refractivity contribution >= 4 is 55.1 Å². The van der Waals surface area contributed by atoms with Gasteiger partial charge in [-0.3, -0.25) is 9.59 Å². The number of amides is 1. The van der Waals surface area contributed by atoms with Crippen LogP contribution in [0.1, 0.15) is 9.67 Å². The van der Waals surface area contributed by atoms with Crippen LogP contribution in [0.15, 0.2) is 14.7 Å². The number of hydrogen-bond acceptors (Lipinski definition) is 8. The molecule has 0 saturated carbocycles. The molecule has 1 amide bonds. The third-order valence-corrected chi connectivity index (χ3v) is 8.20. The maximum Gasteiger partial charge on any atom is 0.348 e. The quantitative estimate of drug-likeness (QED) is 0.601. The van der Waals surface area contributed by atoms with Gasteiger partial charge in [-0.2, -0.15) is 4.31 Å². The number of sulfonamides is 1. The average Bonchev–Trinajstić information content (AvgIpc) is 2.97. The smallest absolute Gasteiger partial charge is 0.348 e. The molecular weight excluding hydrogens is 440 g/mol. The standard InChI is InChI=1S/C13H15BrN2O7S2/c1-15-5-8(11(18)22-2)16(6-10(15)17)25(20,21)13-7(14)4-9(24-13)12(19)23-3/h4,8H,5-6H2,1-3H3. The lowest BCUT2D eigenvalue weighted by atomic mass is 10.2. The van der Waals surface area contributed by atoms with Gasteiger partial charge in [0, 0.05) is 18.1 Å². The molecule has 0 radical (unpaired) electrons. The Hall–Kier alpha value is -1.50. The van der Waals surface area contributed by atoms with Crippen molar-refractivity contribution in [1.29, 1.82) is 0 Å². The number of esters is 2. The Balaban J connectivity index is 2.49. The fourth-order valence-corrected chi connectivity index (χ4v) is 6.43. The molecule has 1 aliphatic heterocycles. The van der Waals surface area contributed by atoms with E-state index in [0.717, 1.165) is 11.4 Å². The second-order valence-corrected chi connectivity index (χ2v) is 9.09. The highest BCUT2D eigenvalue weighted by atomic mass is 79.9. The van der Waals surface area contributed by atoms with Crippen molar-refractivity contribution in [3.05, 3.63) is 15.4 Å². The number of nitrogens with zero attached hydrogens (tertiary/aromatic N) is 2. The average molecular weight is 455 g/mol. The van der Waals surface area contributed by atoms with Crippen molar-refractivity contribution in [2.45, 2.75) is 10.3 Å². The fraction of sp³-hybridized carbons (Fsp3) is 0.462. The number of carbonyl (C=O) groups is 3. The molecule has 0 spiro atoms. The van der Waals surface area contributed by atoms with Crippen LogP contribution in [0.3, 0.4) is 0 Å². The maximum atomic E-state index is 13.0. The molecule has 1 aliphatic rings. The number of piperazine rings is 1. The summed E-state index contributed by atoms with van der Waals surface area (Å²) >= 11 is 3.79. The lowest BCUT2D eigenvalue weighted by Gasteiger charge is -2.36. The molecular formula is C13H15BrN2O7S2. The van der Waals surface area contributed by atoms with Crippen LogP contribution in [0.25, 0.3) is 0 Å². The normalized spacial score (nSPS) is 19.0. The van der Waals surface area contributed by atoms with E-state index < -0.39 is 40.5 Å². The molecule has 0 aromatic carbocycles. The molecule has 2 rings (SSSR count). The summed E-state index contributed by atoms with van der Waals surface area (Å²) in [5.74, 6) is -1.92. The molecule has 1 saturated heterocycles. The Morgan fingerprint density at radius 2 is 1.96 bits per heavy atom. The number of hydrogen-bond donors (Lipinski definition) is 0. The third kappa shape index (κ3) is 3.71. The molecule has 2 heterocycles. The van der Waals surface area contributed by atoms with E-state index in [-0.39, 0.29) is 20.1 Å². The van der Waals surface area contributed by atoms with Gasteiger partial charge in [-0.15, -0.1) is 11.3 Å². The summed E-state index contributed by atoms with van der Waals surface area (Å²) in [6.45, 7) is -0.631. The van der Waals surface area contributed by atoms with E-state index in [1.807, 2.05) is 0 Å². The molecule has 1 unspecified atom stereocenters. The third-order valence-electron chi connectivity index (χ3n) is 3.57. The van der Waals surface area contributed by atoms with Crippen LogP contribution >= 0.6 is 27.3 Å². The highest BCUT2D eigenvalue weighted by Crippen LogP contribution is 2.35. The molecule has 12 heteroatoms. The van der Waals surface area contributed by atoms with Gasteiger partial charge >= 0.3 is 11.9 Å². The van der Waals surface area contributed by atoms with Gasteiger partial charge in [0.05, 0.1) is 20.8 Å². The molecule has 1 aromatic heterocycles. The Morgan fingerprint density at radius 1 is 1.32 bits per heavy atom. The lowest BCUT2D eigenvalue weighted by molar-refractivity contribution is -0.150. The van der Waals surface area contributed by atoms with Crippen molar-refractivity contribution in [3.8, 4) is 0 Å². The minimum absolute atomic E-state index is 0.0722. The minimum atomic E-state index is -4.23. The summed E-state index contributed by atoms with van der Waals surface area (Å²) in [5, 5.41) is 0. The van der Waals surface area contributed by atoms with Crippen LogP contribution in [0.4, 0.5) is 0 Å². The van der Waals surface area contributed by atoms with Crippen LogP contribution in [-0.2, 0) is 29.1 Å². The summed E-state index contributed by atoms with van der Waals surface area (Å²) in [5.41, 5.74) is 0. The number of halogens is 1. The first-order valence-corrected chi connectivity index (χ1v) is 9.89.